The molecule has 0 spiro atoms. The normalized spacial score (nSPS) is 17.4. The Morgan fingerprint density at radius 2 is 1.90 bits per heavy atom. The number of unbranched alkanes of at least 4 members (excludes halogenated alkanes) is 5. The van der Waals surface area contributed by atoms with Crippen molar-refractivity contribution < 1.29 is 4.74 Å². The number of hydrogen-bond acceptors (Lipinski definition) is 2. The lowest BCUT2D eigenvalue weighted by Gasteiger charge is -2.27. The third-order valence-corrected chi connectivity index (χ3v) is 4.49. The van der Waals surface area contributed by atoms with Gasteiger partial charge in [-0.25, -0.2) is 0 Å². The summed E-state index contributed by atoms with van der Waals surface area (Å²) in [5, 5.41) is 4.92. The van der Waals surface area contributed by atoms with Crippen molar-refractivity contribution in [1.29, 1.82) is 0 Å². The van der Waals surface area contributed by atoms with E-state index in [1.807, 2.05) is 6.07 Å². The van der Waals surface area contributed by atoms with Crippen LogP contribution in [0, 0.1) is 0 Å². The second-order valence-electron chi connectivity index (χ2n) is 5.72. The third-order valence-electron chi connectivity index (χ3n) is 3.99. The monoisotopic (exact) mass is 329 g/mol. The van der Waals surface area contributed by atoms with Gasteiger partial charge in [-0.2, -0.15) is 0 Å². The summed E-state index contributed by atoms with van der Waals surface area (Å²) < 4.78 is 5.68. The van der Waals surface area contributed by atoms with E-state index in [-0.39, 0.29) is 0 Å². The topological polar surface area (TPSA) is 21.3 Å². The molecule has 1 atom stereocenters. The van der Waals surface area contributed by atoms with E-state index < -0.39 is 0 Å². The minimum atomic E-state index is 0.306. The van der Waals surface area contributed by atoms with E-state index in [9.17, 15) is 0 Å². The molecule has 0 bridgehead atoms. The van der Waals surface area contributed by atoms with E-state index >= 15 is 0 Å². The second-order valence-corrected chi connectivity index (χ2v) is 6.56. The number of rotatable bonds is 8. The first-order valence-electron chi connectivity index (χ1n) is 8.07. The molecule has 1 heterocycles. The molecule has 118 valence electrons. The molecule has 1 N–H and O–H groups in total. The molecule has 0 aliphatic carbocycles. The molecule has 1 aromatic carbocycles. The maximum atomic E-state index is 6.21. The van der Waals surface area contributed by atoms with E-state index in [4.69, 9.17) is 27.9 Å². The summed E-state index contributed by atoms with van der Waals surface area (Å²) >= 11 is 12.3. The molecule has 0 saturated carbocycles. The van der Waals surface area contributed by atoms with Crippen molar-refractivity contribution in [1.82, 2.24) is 5.32 Å². The zero-order valence-electron chi connectivity index (χ0n) is 12.8. The lowest BCUT2D eigenvalue weighted by atomic mass is 10.00. The lowest BCUT2D eigenvalue weighted by molar-refractivity contribution is 0.252. The summed E-state index contributed by atoms with van der Waals surface area (Å²) in [7, 11) is 0. The van der Waals surface area contributed by atoms with E-state index in [1.54, 1.807) is 6.07 Å². The summed E-state index contributed by atoms with van der Waals surface area (Å²) in [6, 6.07) is 4.03. The summed E-state index contributed by atoms with van der Waals surface area (Å²) in [5.41, 5.74) is 1.10. The fourth-order valence-electron chi connectivity index (χ4n) is 2.82. The zero-order valence-corrected chi connectivity index (χ0v) is 14.3. The number of fused-ring (bicyclic) bond motifs is 1. The highest BCUT2D eigenvalue weighted by molar-refractivity contribution is 6.35. The van der Waals surface area contributed by atoms with Crippen molar-refractivity contribution in [3.8, 4) is 5.75 Å². The van der Waals surface area contributed by atoms with Crippen molar-refractivity contribution in [2.45, 2.75) is 57.9 Å². The smallest absolute Gasteiger partial charge is 0.142 e. The van der Waals surface area contributed by atoms with Crippen LogP contribution < -0.4 is 10.1 Å². The Kier molecular flexibility index (Phi) is 7.15. The number of nitrogens with one attached hydrogen (secondary N) is 1. The highest BCUT2D eigenvalue weighted by atomic mass is 35.5. The lowest BCUT2D eigenvalue weighted by Crippen LogP contribution is -2.28. The molecule has 1 aliphatic rings. The fraction of sp³-hybridized carbons (Fsp3) is 0.647. The van der Waals surface area contributed by atoms with E-state index in [0.29, 0.717) is 22.7 Å². The Balaban J connectivity index is 1.81. The van der Waals surface area contributed by atoms with Gasteiger partial charge in [-0.05, 0) is 25.1 Å². The fourth-order valence-corrected chi connectivity index (χ4v) is 3.38. The molecule has 0 aromatic heterocycles. The van der Waals surface area contributed by atoms with Crippen LogP contribution in [0.25, 0.3) is 0 Å². The number of benzene rings is 1. The molecule has 0 radical (unpaired) electrons. The minimum absolute atomic E-state index is 0.306. The molecule has 21 heavy (non-hydrogen) atoms. The molecule has 0 saturated heterocycles. The molecule has 1 aliphatic heterocycles. The van der Waals surface area contributed by atoms with Gasteiger partial charge in [0.25, 0.3) is 0 Å². The van der Waals surface area contributed by atoms with Crippen LogP contribution in [0.3, 0.4) is 0 Å². The summed E-state index contributed by atoms with van der Waals surface area (Å²) in [5.74, 6) is 0.799. The third kappa shape index (κ3) is 5.05. The Hall–Kier alpha value is -0.440. The van der Waals surface area contributed by atoms with Crippen LogP contribution in [-0.2, 0) is 0 Å². The Morgan fingerprint density at radius 1 is 1.14 bits per heavy atom. The SMILES string of the molecule is CCCCCCCCNC1CCOc2c(Cl)cc(Cl)cc21. The first-order valence-corrected chi connectivity index (χ1v) is 8.83. The van der Waals surface area contributed by atoms with Gasteiger partial charge >= 0.3 is 0 Å². The average Bonchev–Trinajstić information content (AvgIpc) is 2.46. The number of halogens is 2. The first-order chi connectivity index (χ1) is 10.2. The van der Waals surface area contributed by atoms with Gasteiger partial charge < -0.3 is 10.1 Å². The largest absolute Gasteiger partial charge is 0.492 e. The Labute approximate surface area is 138 Å². The predicted octanol–water partition coefficient (Wildman–Crippen LogP) is 5.77. The molecule has 4 heteroatoms. The maximum absolute atomic E-state index is 6.21. The molecular weight excluding hydrogens is 305 g/mol. The summed E-state index contributed by atoms with van der Waals surface area (Å²) in [6.45, 7) is 4.00. The number of ether oxygens (including phenoxy) is 1. The van der Waals surface area contributed by atoms with Gasteiger partial charge in [-0.15, -0.1) is 0 Å². The van der Waals surface area contributed by atoms with Crippen LogP contribution in [0.5, 0.6) is 5.75 Å². The highest BCUT2D eigenvalue weighted by Gasteiger charge is 2.23. The Bertz CT molecular complexity index is 451. The van der Waals surface area contributed by atoms with Crippen LogP contribution in [0.4, 0.5) is 0 Å². The van der Waals surface area contributed by atoms with Crippen molar-refractivity contribution in [3.05, 3.63) is 27.7 Å². The first kappa shape index (κ1) is 16.9. The Morgan fingerprint density at radius 3 is 2.71 bits per heavy atom. The zero-order chi connectivity index (χ0) is 15.1. The molecule has 1 aromatic rings. The quantitative estimate of drug-likeness (QED) is 0.611. The standard InChI is InChI=1S/C17H25Cl2NO/c1-2-3-4-5-6-7-9-20-16-8-10-21-17-14(16)11-13(18)12-15(17)19/h11-12,16,20H,2-10H2,1H3. The maximum Gasteiger partial charge on any atom is 0.142 e. The molecule has 2 nitrogen and oxygen atoms in total. The highest BCUT2D eigenvalue weighted by Crippen LogP contribution is 2.39. The van der Waals surface area contributed by atoms with E-state index in [1.165, 1.54) is 38.5 Å². The minimum Gasteiger partial charge on any atom is -0.492 e. The van der Waals surface area contributed by atoms with Crippen molar-refractivity contribution in [2.24, 2.45) is 0 Å². The number of hydrogen-bond donors (Lipinski definition) is 1. The van der Waals surface area contributed by atoms with Gasteiger partial charge in [-0.1, -0.05) is 62.2 Å². The van der Waals surface area contributed by atoms with Crippen molar-refractivity contribution >= 4 is 23.2 Å². The molecule has 2 rings (SSSR count). The second kappa shape index (κ2) is 8.87. The van der Waals surface area contributed by atoms with Gasteiger partial charge in [-0.3, -0.25) is 0 Å². The van der Waals surface area contributed by atoms with Gasteiger partial charge in [0.1, 0.15) is 5.75 Å². The molecule has 0 amide bonds. The van der Waals surface area contributed by atoms with Crippen LogP contribution >= 0.6 is 23.2 Å². The van der Waals surface area contributed by atoms with Crippen LogP contribution in [0.15, 0.2) is 12.1 Å². The van der Waals surface area contributed by atoms with Gasteiger partial charge in [0.2, 0.25) is 0 Å². The van der Waals surface area contributed by atoms with Gasteiger partial charge in [0.15, 0.2) is 0 Å². The summed E-state index contributed by atoms with van der Waals surface area (Å²) in [6.07, 6.45) is 8.87. The van der Waals surface area contributed by atoms with Crippen molar-refractivity contribution in [2.75, 3.05) is 13.2 Å². The summed E-state index contributed by atoms with van der Waals surface area (Å²) in [4.78, 5) is 0. The van der Waals surface area contributed by atoms with Gasteiger partial charge in [0.05, 0.1) is 11.6 Å². The van der Waals surface area contributed by atoms with Crippen LogP contribution in [-0.4, -0.2) is 13.2 Å². The molecular formula is C17H25Cl2NO. The van der Waals surface area contributed by atoms with Gasteiger partial charge in [0, 0.05) is 23.0 Å². The van der Waals surface area contributed by atoms with Crippen molar-refractivity contribution in [3.63, 3.8) is 0 Å². The van der Waals surface area contributed by atoms with Crippen LogP contribution in [0.2, 0.25) is 10.0 Å². The molecule has 1 unspecified atom stereocenters. The van der Waals surface area contributed by atoms with E-state index in [2.05, 4.69) is 12.2 Å². The average molecular weight is 330 g/mol. The van der Waals surface area contributed by atoms with Crippen LogP contribution in [0.1, 0.15) is 63.5 Å². The van der Waals surface area contributed by atoms with E-state index in [0.717, 1.165) is 24.3 Å². The predicted molar refractivity (Wildman–Crippen MR) is 90.7 cm³/mol. The molecule has 0 fully saturated rings.